The van der Waals surface area contributed by atoms with E-state index in [1.54, 1.807) is 0 Å². The summed E-state index contributed by atoms with van der Waals surface area (Å²) in [6.45, 7) is 7.18. The van der Waals surface area contributed by atoms with Crippen molar-refractivity contribution in [3.63, 3.8) is 0 Å². The molecule has 0 radical (unpaired) electrons. The van der Waals surface area contributed by atoms with Crippen molar-refractivity contribution >= 4 is 5.91 Å². The molecule has 4 aliphatic carbocycles. The first kappa shape index (κ1) is 18.0. The first-order valence-corrected chi connectivity index (χ1v) is 10.2. The highest BCUT2D eigenvalue weighted by Crippen LogP contribution is 2.68. The summed E-state index contributed by atoms with van der Waals surface area (Å²) in [6.07, 6.45) is 7.15. The second-order valence-electron chi connectivity index (χ2n) is 9.13. The Morgan fingerprint density at radius 2 is 1.92 bits per heavy atom. The largest absolute Gasteiger partial charge is 0.423 e. The third kappa shape index (κ3) is 2.77. The minimum atomic E-state index is -0.648. The molecule has 4 fully saturated rings. The molecule has 144 valence electrons. The third-order valence-electron chi connectivity index (χ3n) is 7.16. The average Bonchev–Trinajstić information content (AvgIpc) is 3.04. The molecular weight excluding hydrogens is 330 g/mol. The third-order valence-corrected chi connectivity index (χ3v) is 7.16. The van der Waals surface area contributed by atoms with Crippen LogP contribution in [-0.2, 0) is 17.8 Å². The molecule has 6 nitrogen and oxygen atoms in total. The van der Waals surface area contributed by atoms with Crippen LogP contribution in [0.5, 0.6) is 0 Å². The normalized spacial score (nSPS) is 37.9. The highest BCUT2D eigenvalue weighted by molar-refractivity contribution is 5.83. The van der Waals surface area contributed by atoms with E-state index in [4.69, 9.17) is 4.42 Å². The molecule has 1 aromatic heterocycles. The molecule has 4 atom stereocenters. The van der Waals surface area contributed by atoms with Crippen molar-refractivity contribution in [3.05, 3.63) is 11.8 Å². The lowest BCUT2D eigenvalue weighted by Crippen LogP contribution is -2.64. The zero-order chi connectivity index (χ0) is 18.6. The number of amides is 1. The Bertz CT molecular complexity index is 704. The molecule has 0 aromatic carbocycles. The van der Waals surface area contributed by atoms with E-state index in [2.05, 4.69) is 17.1 Å². The summed E-state index contributed by atoms with van der Waals surface area (Å²) in [5.41, 5.74) is -0.915. The molecule has 0 spiro atoms. The van der Waals surface area contributed by atoms with Gasteiger partial charge in [0.1, 0.15) is 0 Å². The Morgan fingerprint density at radius 1 is 1.15 bits per heavy atom. The van der Waals surface area contributed by atoms with Gasteiger partial charge in [0.25, 0.3) is 0 Å². The van der Waals surface area contributed by atoms with Gasteiger partial charge in [-0.15, -0.1) is 10.2 Å². The van der Waals surface area contributed by atoms with E-state index in [0.717, 1.165) is 32.1 Å². The smallest absolute Gasteiger partial charge is 0.235 e. The van der Waals surface area contributed by atoms with E-state index in [1.807, 2.05) is 18.7 Å². The fourth-order valence-corrected chi connectivity index (χ4v) is 6.54. The number of rotatable bonds is 6. The second kappa shape index (κ2) is 6.04. The predicted molar refractivity (Wildman–Crippen MR) is 96.1 cm³/mol. The summed E-state index contributed by atoms with van der Waals surface area (Å²) in [5, 5.41) is 19.3. The quantitative estimate of drug-likeness (QED) is 0.842. The minimum Gasteiger partial charge on any atom is -0.423 e. The Balaban J connectivity index is 1.59. The first-order valence-electron chi connectivity index (χ1n) is 10.2. The highest BCUT2D eigenvalue weighted by Gasteiger charge is 2.65. The fraction of sp³-hybridized carbons (Fsp3) is 0.850. The number of hydrogen-bond donors (Lipinski definition) is 1. The Labute approximate surface area is 155 Å². The summed E-state index contributed by atoms with van der Waals surface area (Å²) in [7, 11) is 0. The highest BCUT2D eigenvalue weighted by atomic mass is 16.4. The second-order valence-corrected chi connectivity index (χ2v) is 9.13. The van der Waals surface area contributed by atoms with Crippen molar-refractivity contribution < 1.29 is 14.3 Å². The maximum atomic E-state index is 13.6. The van der Waals surface area contributed by atoms with Crippen LogP contribution in [0.4, 0.5) is 0 Å². The fourth-order valence-electron chi connectivity index (χ4n) is 6.54. The topological polar surface area (TPSA) is 79.5 Å². The van der Waals surface area contributed by atoms with Crippen LogP contribution in [-0.4, -0.2) is 38.3 Å². The van der Waals surface area contributed by atoms with Crippen LogP contribution in [0.3, 0.4) is 0 Å². The maximum Gasteiger partial charge on any atom is 0.235 e. The Morgan fingerprint density at radius 3 is 2.54 bits per heavy atom. The van der Waals surface area contributed by atoms with Gasteiger partial charge < -0.3 is 14.4 Å². The zero-order valence-electron chi connectivity index (χ0n) is 16.3. The molecule has 1 aromatic rings. The molecule has 0 aliphatic heterocycles. The summed E-state index contributed by atoms with van der Waals surface area (Å²) in [4.78, 5) is 15.5. The first-order chi connectivity index (χ1) is 12.3. The number of carbonyl (C=O) groups excluding carboxylic acids is 1. The number of hydrogen-bond acceptors (Lipinski definition) is 5. The zero-order valence-corrected chi connectivity index (χ0v) is 16.3. The SMILES string of the molecule is CCc1nnc(CN(CC)C(=O)[C@@]23C[C@H]4C[C@@](O)(C[C@@](CC)(C4)C2)C3)o1. The molecule has 0 saturated heterocycles. The van der Waals surface area contributed by atoms with Crippen LogP contribution in [0.25, 0.3) is 0 Å². The van der Waals surface area contributed by atoms with Crippen LogP contribution in [0.1, 0.15) is 77.5 Å². The van der Waals surface area contributed by atoms with Gasteiger partial charge in [-0.25, -0.2) is 0 Å². The van der Waals surface area contributed by atoms with Gasteiger partial charge in [-0.3, -0.25) is 4.79 Å². The van der Waals surface area contributed by atoms with Gasteiger partial charge in [0, 0.05) is 13.0 Å². The van der Waals surface area contributed by atoms with Gasteiger partial charge >= 0.3 is 0 Å². The van der Waals surface area contributed by atoms with E-state index < -0.39 is 11.0 Å². The molecule has 1 heterocycles. The van der Waals surface area contributed by atoms with Gasteiger partial charge in [-0.1, -0.05) is 20.3 Å². The molecule has 4 saturated carbocycles. The number of nitrogens with zero attached hydrogens (tertiary/aromatic N) is 3. The monoisotopic (exact) mass is 361 g/mol. The van der Waals surface area contributed by atoms with E-state index in [0.29, 0.717) is 43.6 Å². The molecule has 26 heavy (non-hydrogen) atoms. The lowest BCUT2D eigenvalue weighted by Gasteiger charge is -2.64. The molecule has 5 rings (SSSR count). The van der Waals surface area contributed by atoms with Crippen LogP contribution in [0.2, 0.25) is 0 Å². The van der Waals surface area contributed by atoms with Crippen LogP contribution in [0.15, 0.2) is 4.42 Å². The number of carbonyl (C=O) groups is 1. The summed E-state index contributed by atoms with van der Waals surface area (Å²) in [6, 6.07) is 0. The van der Waals surface area contributed by atoms with Crippen molar-refractivity contribution in [1.29, 1.82) is 0 Å². The summed E-state index contributed by atoms with van der Waals surface area (Å²) < 4.78 is 5.63. The van der Waals surface area contributed by atoms with E-state index in [1.165, 1.54) is 6.42 Å². The standard InChI is InChI=1S/C20H31N3O3/c1-4-15-21-22-16(26-15)10-23(6-3)17(24)19-8-14-7-18(5-2,11-19)12-20(25,9-14)13-19/h14,25H,4-13H2,1-3H3/t14-,18-,19-,20+/m0/s1. The van der Waals surface area contributed by atoms with Crippen LogP contribution >= 0.6 is 0 Å². The molecule has 0 unspecified atom stereocenters. The van der Waals surface area contributed by atoms with Crippen LogP contribution in [0, 0.1) is 16.7 Å². The van der Waals surface area contributed by atoms with Crippen molar-refractivity contribution in [2.45, 2.75) is 84.3 Å². The molecule has 1 amide bonds. The van der Waals surface area contributed by atoms with Gasteiger partial charge in [0.15, 0.2) is 0 Å². The van der Waals surface area contributed by atoms with Crippen LogP contribution < -0.4 is 0 Å². The van der Waals surface area contributed by atoms with E-state index >= 15 is 0 Å². The number of aryl methyl sites for hydroxylation is 1. The van der Waals surface area contributed by atoms with Gasteiger partial charge in [-0.05, 0) is 56.8 Å². The summed E-state index contributed by atoms with van der Waals surface area (Å²) in [5.74, 6) is 1.77. The van der Waals surface area contributed by atoms with Crippen molar-refractivity contribution in [2.75, 3.05) is 6.54 Å². The molecule has 1 N–H and O–H groups in total. The predicted octanol–water partition coefficient (Wildman–Crippen LogP) is 3.09. The van der Waals surface area contributed by atoms with Crippen molar-refractivity contribution in [2.24, 2.45) is 16.7 Å². The molecular formula is C20H31N3O3. The van der Waals surface area contributed by atoms with Gasteiger partial charge in [-0.2, -0.15) is 0 Å². The number of aromatic nitrogens is 2. The van der Waals surface area contributed by atoms with Crippen molar-refractivity contribution in [3.8, 4) is 0 Å². The minimum absolute atomic E-state index is 0.142. The maximum absolute atomic E-state index is 13.6. The molecule has 4 bridgehead atoms. The van der Waals surface area contributed by atoms with E-state index in [9.17, 15) is 9.90 Å². The number of aliphatic hydroxyl groups is 1. The average molecular weight is 361 g/mol. The van der Waals surface area contributed by atoms with E-state index in [-0.39, 0.29) is 11.3 Å². The van der Waals surface area contributed by atoms with Crippen molar-refractivity contribution in [1.82, 2.24) is 15.1 Å². The Hall–Kier alpha value is -1.43. The lowest BCUT2D eigenvalue weighted by atomic mass is 9.42. The van der Waals surface area contributed by atoms with Gasteiger partial charge in [0.05, 0.1) is 17.6 Å². The lowest BCUT2D eigenvalue weighted by molar-refractivity contribution is -0.210. The molecule has 4 aliphatic rings. The Kier molecular flexibility index (Phi) is 4.17. The summed E-state index contributed by atoms with van der Waals surface area (Å²) >= 11 is 0. The van der Waals surface area contributed by atoms with Gasteiger partial charge in [0.2, 0.25) is 17.7 Å². The molecule has 6 heteroatoms.